The predicted octanol–water partition coefficient (Wildman–Crippen LogP) is 4.74. The maximum Gasteiger partial charge on any atom is 0.332 e. The quantitative estimate of drug-likeness (QED) is 0.350. The van der Waals surface area contributed by atoms with Crippen LogP contribution in [0.3, 0.4) is 0 Å². The van der Waals surface area contributed by atoms with E-state index in [9.17, 15) is 20.1 Å². The highest BCUT2D eigenvalue weighted by molar-refractivity contribution is 8.15. The van der Waals surface area contributed by atoms with Crippen LogP contribution in [-0.2, 0) is 11.2 Å². The average Bonchev–Trinajstić information content (AvgIpc) is 3.58. The molecular formula is C27H39N3O4S3. The van der Waals surface area contributed by atoms with Crippen LogP contribution in [0.25, 0.3) is 0 Å². The first-order valence-electron chi connectivity index (χ1n) is 13.0. The zero-order valence-electron chi connectivity index (χ0n) is 22.3. The molecule has 1 aromatic carbocycles. The van der Waals surface area contributed by atoms with Gasteiger partial charge in [0.25, 0.3) is 0 Å². The fourth-order valence-electron chi connectivity index (χ4n) is 5.14. The Balaban J connectivity index is 1.48. The number of carboxylic acids is 1. The second-order valence-corrected chi connectivity index (χ2v) is 14.1. The van der Waals surface area contributed by atoms with Crippen LogP contribution in [0.4, 0.5) is 0 Å². The first kappa shape index (κ1) is 28.8. The van der Waals surface area contributed by atoms with E-state index in [1.807, 2.05) is 38.7 Å². The van der Waals surface area contributed by atoms with E-state index in [2.05, 4.69) is 22.9 Å². The van der Waals surface area contributed by atoms with Crippen LogP contribution in [0.1, 0.15) is 58.1 Å². The van der Waals surface area contributed by atoms with Crippen molar-refractivity contribution in [2.45, 2.75) is 82.5 Å². The van der Waals surface area contributed by atoms with Gasteiger partial charge in [-0.1, -0.05) is 45.7 Å². The summed E-state index contributed by atoms with van der Waals surface area (Å²) >= 11 is 4.96. The summed E-state index contributed by atoms with van der Waals surface area (Å²) < 4.78 is 0. The molecule has 3 heterocycles. The molecule has 0 unspecified atom stereocenters. The number of thioether (sulfide) groups is 3. The van der Waals surface area contributed by atoms with Gasteiger partial charge < -0.3 is 15.3 Å². The van der Waals surface area contributed by atoms with Gasteiger partial charge in [0, 0.05) is 28.7 Å². The van der Waals surface area contributed by atoms with E-state index in [0.29, 0.717) is 16.5 Å². The van der Waals surface area contributed by atoms with Crippen molar-refractivity contribution in [1.29, 1.82) is 0 Å². The lowest BCUT2D eigenvalue weighted by Gasteiger charge is -2.38. The first-order chi connectivity index (χ1) is 17.5. The third kappa shape index (κ3) is 5.73. The minimum atomic E-state index is -1.14. The van der Waals surface area contributed by atoms with Gasteiger partial charge in [0.2, 0.25) is 0 Å². The number of carboxylic acid groups (broad SMARTS) is 1. The maximum atomic E-state index is 11.7. The summed E-state index contributed by atoms with van der Waals surface area (Å²) in [6.45, 7) is 7.75. The smallest absolute Gasteiger partial charge is 0.332 e. The van der Waals surface area contributed by atoms with Crippen LogP contribution >= 0.6 is 35.3 Å². The Morgan fingerprint density at radius 1 is 1.27 bits per heavy atom. The van der Waals surface area contributed by atoms with Crippen molar-refractivity contribution in [1.82, 2.24) is 4.90 Å². The molecule has 0 aromatic heterocycles. The molecule has 0 aliphatic carbocycles. The summed E-state index contributed by atoms with van der Waals surface area (Å²) in [5, 5.41) is 33.5. The van der Waals surface area contributed by atoms with Gasteiger partial charge in [0.05, 0.1) is 28.1 Å². The number of rotatable bonds is 10. The van der Waals surface area contributed by atoms with Crippen LogP contribution in [0.5, 0.6) is 5.75 Å². The van der Waals surface area contributed by atoms with E-state index >= 15 is 0 Å². The average molecular weight is 566 g/mol. The summed E-state index contributed by atoms with van der Waals surface area (Å²) in [5.41, 5.74) is 0.243. The van der Waals surface area contributed by atoms with Gasteiger partial charge in [0.1, 0.15) is 10.8 Å². The fraction of sp³-hybridized carbons (Fsp3) is 0.667. The summed E-state index contributed by atoms with van der Waals surface area (Å²) in [7, 11) is 2.05. The van der Waals surface area contributed by atoms with Crippen molar-refractivity contribution in [3.05, 3.63) is 29.3 Å². The van der Waals surface area contributed by atoms with E-state index < -0.39 is 23.0 Å². The molecule has 3 aliphatic heterocycles. The van der Waals surface area contributed by atoms with Crippen molar-refractivity contribution in [3.8, 4) is 5.75 Å². The molecule has 3 N–H and O–H groups in total. The molecule has 10 heteroatoms. The number of unbranched alkanes of at least 4 members (excludes halogenated alkanes) is 2. The van der Waals surface area contributed by atoms with Crippen LogP contribution < -0.4 is 0 Å². The molecule has 0 spiro atoms. The molecule has 1 saturated heterocycles. The van der Waals surface area contributed by atoms with Crippen LogP contribution in [0.2, 0.25) is 0 Å². The first-order valence-corrected chi connectivity index (χ1v) is 16.0. The molecule has 7 nitrogen and oxygen atoms in total. The second-order valence-electron chi connectivity index (χ2n) is 11.0. The van der Waals surface area contributed by atoms with Crippen molar-refractivity contribution < 1.29 is 20.1 Å². The Labute approximate surface area is 233 Å². The zero-order valence-corrected chi connectivity index (χ0v) is 24.8. The fourth-order valence-corrected chi connectivity index (χ4v) is 9.39. The third-order valence-corrected chi connectivity index (χ3v) is 11.9. The number of phenolic OH excluding ortho intramolecular Hbond substituents is 1. The Kier molecular flexibility index (Phi) is 8.95. The molecule has 0 bridgehead atoms. The van der Waals surface area contributed by atoms with Gasteiger partial charge in [-0.05, 0) is 38.4 Å². The molecular weight excluding hydrogens is 527 g/mol. The summed E-state index contributed by atoms with van der Waals surface area (Å²) in [6.07, 6.45) is 3.66. The van der Waals surface area contributed by atoms with Crippen LogP contribution in [0, 0.1) is 5.41 Å². The third-order valence-electron chi connectivity index (χ3n) is 7.71. The van der Waals surface area contributed by atoms with Crippen molar-refractivity contribution in [2.24, 2.45) is 15.4 Å². The molecule has 204 valence electrons. The van der Waals surface area contributed by atoms with Crippen molar-refractivity contribution >= 4 is 51.3 Å². The molecule has 0 saturated carbocycles. The number of nitrogens with zero attached hydrogens (tertiary/aromatic N) is 3. The van der Waals surface area contributed by atoms with Gasteiger partial charge >= 0.3 is 5.97 Å². The monoisotopic (exact) mass is 565 g/mol. The molecule has 5 atom stereocenters. The summed E-state index contributed by atoms with van der Waals surface area (Å²) in [6, 6.07) is 5.73. The minimum absolute atomic E-state index is 0.0620. The molecule has 0 radical (unpaired) electrons. The Morgan fingerprint density at radius 3 is 2.70 bits per heavy atom. The highest BCUT2D eigenvalue weighted by Gasteiger charge is 2.50. The largest absolute Gasteiger partial charge is 0.507 e. The molecule has 3 aliphatic rings. The van der Waals surface area contributed by atoms with Gasteiger partial charge in [-0.25, -0.2) is 4.79 Å². The number of aliphatic carboxylic acids is 1. The van der Waals surface area contributed by atoms with Crippen molar-refractivity contribution in [2.75, 3.05) is 24.3 Å². The minimum Gasteiger partial charge on any atom is -0.507 e. The predicted molar refractivity (Wildman–Crippen MR) is 158 cm³/mol. The summed E-state index contributed by atoms with van der Waals surface area (Å²) in [4.78, 5) is 23.5. The Bertz CT molecular complexity index is 1080. The van der Waals surface area contributed by atoms with E-state index in [4.69, 9.17) is 4.99 Å². The van der Waals surface area contributed by atoms with E-state index in [0.717, 1.165) is 46.9 Å². The highest BCUT2D eigenvalue weighted by Crippen LogP contribution is 2.44. The SMILES string of the molecule is CCCCCc1cccc(O)c1C1=N[C@@H]([C@H]2SC[C@@H]([C@@H](O)C(C)(C)C3=N[C@@](C)(C(=O)O)CS3)N2C)CS1. The molecule has 1 fully saturated rings. The normalized spacial score (nSPS) is 29.4. The maximum absolute atomic E-state index is 11.7. The highest BCUT2D eigenvalue weighted by atomic mass is 32.2. The second kappa shape index (κ2) is 11.5. The van der Waals surface area contributed by atoms with Gasteiger partial charge in [-0.2, -0.15) is 0 Å². The number of benzene rings is 1. The van der Waals surface area contributed by atoms with Crippen LogP contribution in [0.15, 0.2) is 28.2 Å². The number of carbonyl (C=O) groups is 1. The number of aliphatic hydroxyl groups excluding tert-OH is 1. The van der Waals surface area contributed by atoms with E-state index in [-0.39, 0.29) is 17.5 Å². The van der Waals surface area contributed by atoms with Crippen LogP contribution in [-0.4, -0.2) is 89.7 Å². The Morgan fingerprint density at radius 2 is 2.03 bits per heavy atom. The number of phenols is 1. The van der Waals surface area contributed by atoms with E-state index in [1.54, 1.807) is 24.8 Å². The Hall–Kier alpha value is -1.20. The number of aryl methyl sites for hydroxylation is 1. The van der Waals surface area contributed by atoms with Gasteiger partial charge in [0.15, 0.2) is 5.54 Å². The lowest BCUT2D eigenvalue weighted by Crippen LogP contribution is -2.51. The van der Waals surface area contributed by atoms with Gasteiger partial charge in [-0.15, -0.1) is 35.3 Å². The number of hydrogen-bond acceptors (Lipinski definition) is 9. The number of aliphatic hydroxyl groups is 1. The van der Waals surface area contributed by atoms with E-state index in [1.165, 1.54) is 18.2 Å². The number of hydrogen-bond donors (Lipinski definition) is 3. The van der Waals surface area contributed by atoms with Gasteiger partial charge in [-0.3, -0.25) is 14.9 Å². The summed E-state index contributed by atoms with van der Waals surface area (Å²) in [5.74, 6) is 1.36. The number of likely N-dealkylation sites (N-methyl/N-ethyl adjacent to an activating group) is 1. The molecule has 37 heavy (non-hydrogen) atoms. The molecule has 1 aromatic rings. The number of aliphatic imine (C=N–C) groups is 2. The number of aromatic hydroxyl groups is 1. The molecule has 4 rings (SSSR count). The lowest BCUT2D eigenvalue weighted by molar-refractivity contribution is -0.141. The molecule has 0 amide bonds. The standard InChI is InChI=1S/C27H39N3O4S3/c1-6-7-8-10-16-11-9-12-19(31)20(16)22-28-17(13-35-22)23-30(5)18(14-36-23)21(32)26(2,3)24-29-27(4,15-37-24)25(33)34/h9,11-12,17-18,21,23,31-32H,6-8,10,13-15H2,1-5H3,(H,33,34)/t17-,18+,21-,23-,27-/m1/s1. The lowest BCUT2D eigenvalue weighted by atomic mass is 9.83. The van der Waals surface area contributed by atoms with Crippen molar-refractivity contribution in [3.63, 3.8) is 0 Å². The topological polar surface area (TPSA) is 106 Å². The zero-order chi connectivity index (χ0) is 27.0.